The minimum atomic E-state index is -0.0460. The second-order valence-electron chi connectivity index (χ2n) is 6.33. The zero-order valence-corrected chi connectivity index (χ0v) is 14.8. The van der Waals surface area contributed by atoms with E-state index in [1.54, 1.807) is 0 Å². The highest BCUT2D eigenvalue weighted by Crippen LogP contribution is 2.27. The minimum absolute atomic E-state index is 0.0460. The molecule has 1 fully saturated rings. The van der Waals surface area contributed by atoms with Crippen LogP contribution >= 0.6 is 11.3 Å². The molecule has 4 nitrogen and oxygen atoms in total. The average molecular weight is 351 g/mol. The van der Waals surface area contributed by atoms with Gasteiger partial charge in [0.25, 0.3) is 5.91 Å². The smallest absolute Gasteiger partial charge is 0.265 e. The third kappa shape index (κ3) is 3.61. The molecule has 2 aromatic heterocycles. The van der Waals surface area contributed by atoms with E-state index in [0.717, 1.165) is 36.5 Å². The van der Waals surface area contributed by atoms with E-state index in [-0.39, 0.29) is 5.91 Å². The predicted molar refractivity (Wildman–Crippen MR) is 104 cm³/mol. The van der Waals surface area contributed by atoms with E-state index in [1.165, 1.54) is 17.0 Å². The molecular formula is C20H21N3OS. The fraction of sp³-hybridized carbons (Fsp3) is 0.250. The molecule has 4 rings (SSSR count). The van der Waals surface area contributed by atoms with E-state index < -0.39 is 0 Å². The van der Waals surface area contributed by atoms with Crippen LogP contribution in [0.2, 0.25) is 0 Å². The SMILES string of the molecule is O=C(Nc1ccc(N2CCC(n3cccc3)CC2)cc1)c1cccs1. The Morgan fingerprint density at radius 3 is 2.36 bits per heavy atom. The third-order valence-electron chi connectivity index (χ3n) is 4.75. The van der Waals surface area contributed by atoms with Gasteiger partial charge in [-0.25, -0.2) is 0 Å². The monoisotopic (exact) mass is 351 g/mol. The normalized spacial score (nSPS) is 15.3. The molecule has 0 saturated carbocycles. The fourth-order valence-electron chi connectivity index (χ4n) is 3.37. The lowest BCUT2D eigenvalue weighted by atomic mass is 10.0. The van der Waals surface area contributed by atoms with Gasteiger partial charge in [-0.15, -0.1) is 11.3 Å². The fourth-order valence-corrected chi connectivity index (χ4v) is 3.99. The molecular weight excluding hydrogens is 330 g/mol. The molecule has 1 saturated heterocycles. The molecule has 1 aliphatic heterocycles. The maximum Gasteiger partial charge on any atom is 0.265 e. The first kappa shape index (κ1) is 16.0. The third-order valence-corrected chi connectivity index (χ3v) is 5.62. The predicted octanol–water partition coefficient (Wildman–Crippen LogP) is 4.64. The Morgan fingerprint density at radius 1 is 1.00 bits per heavy atom. The Bertz CT molecular complexity index is 801. The van der Waals surface area contributed by atoms with Crippen LogP contribution < -0.4 is 10.2 Å². The van der Waals surface area contributed by atoms with Gasteiger partial charge in [0.15, 0.2) is 0 Å². The van der Waals surface area contributed by atoms with Crippen LogP contribution in [-0.4, -0.2) is 23.6 Å². The van der Waals surface area contributed by atoms with E-state index in [0.29, 0.717) is 6.04 Å². The molecule has 3 aromatic rings. The highest BCUT2D eigenvalue weighted by atomic mass is 32.1. The second-order valence-corrected chi connectivity index (χ2v) is 7.27. The molecule has 1 N–H and O–H groups in total. The average Bonchev–Trinajstić information content (AvgIpc) is 3.36. The Hall–Kier alpha value is -2.53. The van der Waals surface area contributed by atoms with Crippen LogP contribution in [0.1, 0.15) is 28.6 Å². The maximum absolute atomic E-state index is 12.1. The van der Waals surface area contributed by atoms with E-state index in [2.05, 4.69) is 51.4 Å². The number of nitrogens with zero attached hydrogens (tertiary/aromatic N) is 2. The number of rotatable bonds is 4. The van der Waals surface area contributed by atoms with Crippen molar-refractivity contribution in [1.82, 2.24) is 4.57 Å². The zero-order chi connectivity index (χ0) is 17.1. The summed E-state index contributed by atoms with van der Waals surface area (Å²) >= 11 is 1.45. The first-order chi connectivity index (χ1) is 12.3. The van der Waals surface area contributed by atoms with Crippen molar-refractivity contribution in [3.63, 3.8) is 0 Å². The Kier molecular flexibility index (Phi) is 4.57. The molecule has 1 amide bonds. The van der Waals surface area contributed by atoms with Crippen molar-refractivity contribution < 1.29 is 4.79 Å². The van der Waals surface area contributed by atoms with Gasteiger partial charge in [-0.05, 0) is 60.7 Å². The van der Waals surface area contributed by atoms with Crippen molar-refractivity contribution >= 4 is 28.6 Å². The van der Waals surface area contributed by atoms with Crippen molar-refractivity contribution in [2.24, 2.45) is 0 Å². The number of thiophene rings is 1. The van der Waals surface area contributed by atoms with Gasteiger partial charge in [-0.1, -0.05) is 6.07 Å². The number of hydrogen-bond acceptors (Lipinski definition) is 3. The van der Waals surface area contributed by atoms with Gasteiger partial charge in [0.2, 0.25) is 0 Å². The summed E-state index contributed by atoms with van der Waals surface area (Å²) in [6.07, 6.45) is 6.63. The Labute approximate surface area is 151 Å². The van der Waals surface area contributed by atoms with Gasteiger partial charge < -0.3 is 14.8 Å². The molecule has 3 heterocycles. The topological polar surface area (TPSA) is 37.3 Å². The van der Waals surface area contributed by atoms with Crippen molar-refractivity contribution in [2.45, 2.75) is 18.9 Å². The van der Waals surface area contributed by atoms with E-state index in [9.17, 15) is 4.79 Å². The molecule has 1 aromatic carbocycles. The van der Waals surface area contributed by atoms with Crippen molar-refractivity contribution in [3.05, 3.63) is 71.2 Å². The number of anilines is 2. The van der Waals surface area contributed by atoms with Gasteiger partial charge in [-0.3, -0.25) is 4.79 Å². The lowest BCUT2D eigenvalue weighted by Gasteiger charge is -2.34. The van der Waals surface area contributed by atoms with Crippen molar-refractivity contribution in [1.29, 1.82) is 0 Å². The van der Waals surface area contributed by atoms with Gasteiger partial charge in [0, 0.05) is 42.9 Å². The standard InChI is InChI=1S/C20H21N3OS/c24-20(19-4-3-15-25-19)21-16-5-7-17(8-6-16)23-13-9-18(10-14-23)22-11-1-2-12-22/h1-8,11-12,15,18H,9-10,13-14H2,(H,21,24). The molecule has 0 aliphatic carbocycles. The molecule has 0 radical (unpaired) electrons. The highest BCUT2D eigenvalue weighted by molar-refractivity contribution is 7.12. The summed E-state index contributed by atoms with van der Waals surface area (Å²) in [5, 5.41) is 4.86. The van der Waals surface area contributed by atoms with Crippen LogP contribution in [0, 0.1) is 0 Å². The summed E-state index contributed by atoms with van der Waals surface area (Å²) in [6, 6.07) is 16.7. The van der Waals surface area contributed by atoms with Crippen LogP contribution in [-0.2, 0) is 0 Å². The first-order valence-corrected chi connectivity index (χ1v) is 9.50. The van der Waals surface area contributed by atoms with Crippen LogP contribution in [0.15, 0.2) is 66.3 Å². The molecule has 0 bridgehead atoms. The molecule has 1 aliphatic rings. The number of amides is 1. The summed E-state index contributed by atoms with van der Waals surface area (Å²) in [5.74, 6) is -0.0460. The van der Waals surface area contributed by atoms with Crippen molar-refractivity contribution in [2.75, 3.05) is 23.3 Å². The largest absolute Gasteiger partial charge is 0.371 e. The number of hydrogen-bond donors (Lipinski definition) is 1. The lowest BCUT2D eigenvalue weighted by Crippen LogP contribution is -2.34. The highest BCUT2D eigenvalue weighted by Gasteiger charge is 2.20. The minimum Gasteiger partial charge on any atom is -0.371 e. The maximum atomic E-state index is 12.1. The number of piperidine rings is 1. The quantitative estimate of drug-likeness (QED) is 0.743. The molecule has 128 valence electrons. The summed E-state index contributed by atoms with van der Waals surface area (Å²) in [6.45, 7) is 2.12. The van der Waals surface area contributed by atoms with Crippen LogP contribution in [0.25, 0.3) is 0 Å². The van der Waals surface area contributed by atoms with Gasteiger partial charge in [0.05, 0.1) is 4.88 Å². The summed E-state index contributed by atoms with van der Waals surface area (Å²) in [4.78, 5) is 15.3. The van der Waals surface area contributed by atoms with Crippen LogP contribution in [0.4, 0.5) is 11.4 Å². The van der Waals surface area contributed by atoms with Crippen molar-refractivity contribution in [3.8, 4) is 0 Å². The van der Waals surface area contributed by atoms with E-state index >= 15 is 0 Å². The Morgan fingerprint density at radius 2 is 1.72 bits per heavy atom. The van der Waals surface area contributed by atoms with Crippen LogP contribution in [0.3, 0.4) is 0 Å². The van der Waals surface area contributed by atoms with Gasteiger partial charge >= 0.3 is 0 Å². The number of carbonyl (C=O) groups is 1. The van der Waals surface area contributed by atoms with Gasteiger partial charge in [-0.2, -0.15) is 0 Å². The Balaban J connectivity index is 1.35. The number of carbonyl (C=O) groups excluding carboxylic acids is 1. The number of aromatic nitrogens is 1. The molecule has 0 atom stereocenters. The lowest BCUT2D eigenvalue weighted by molar-refractivity contribution is 0.103. The summed E-state index contributed by atoms with van der Waals surface area (Å²) < 4.78 is 2.32. The number of benzene rings is 1. The summed E-state index contributed by atoms with van der Waals surface area (Å²) in [5.41, 5.74) is 2.06. The van der Waals surface area contributed by atoms with Gasteiger partial charge in [0.1, 0.15) is 0 Å². The second kappa shape index (κ2) is 7.15. The van der Waals surface area contributed by atoms with E-state index in [4.69, 9.17) is 0 Å². The number of nitrogens with one attached hydrogen (secondary N) is 1. The zero-order valence-electron chi connectivity index (χ0n) is 14.0. The molecule has 5 heteroatoms. The molecule has 0 spiro atoms. The van der Waals surface area contributed by atoms with E-state index in [1.807, 2.05) is 29.6 Å². The molecule has 0 unspecified atom stereocenters. The summed E-state index contributed by atoms with van der Waals surface area (Å²) in [7, 11) is 0. The van der Waals surface area contributed by atoms with Crippen LogP contribution in [0.5, 0.6) is 0 Å². The first-order valence-electron chi connectivity index (χ1n) is 8.62. The molecule has 25 heavy (non-hydrogen) atoms.